The van der Waals surface area contributed by atoms with Crippen LogP contribution in [0.4, 0.5) is 5.69 Å². The van der Waals surface area contributed by atoms with Crippen LogP contribution in [0, 0.1) is 0 Å². The van der Waals surface area contributed by atoms with Crippen LogP contribution in [0.25, 0.3) is 0 Å². The zero-order chi connectivity index (χ0) is 22.3. The Morgan fingerprint density at radius 1 is 1.03 bits per heavy atom. The fourth-order valence-corrected chi connectivity index (χ4v) is 4.00. The molecule has 1 aromatic heterocycles. The summed E-state index contributed by atoms with van der Waals surface area (Å²) in [5, 5.41) is 5.46. The monoisotopic (exact) mass is 433 g/mol. The predicted octanol–water partition coefficient (Wildman–Crippen LogP) is 2.87. The van der Waals surface area contributed by atoms with Crippen molar-refractivity contribution in [1.82, 2.24) is 10.6 Å². The second-order valence-corrected chi connectivity index (χ2v) is 7.67. The highest BCUT2D eigenvalue weighted by molar-refractivity contribution is 6.35. The largest absolute Gasteiger partial charge is 0.497 e. The molecule has 7 heteroatoms. The normalized spacial score (nSPS) is 13.3. The minimum absolute atomic E-state index is 0.190. The second-order valence-electron chi connectivity index (χ2n) is 7.67. The van der Waals surface area contributed by atoms with Gasteiger partial charge in [-0.3, -0.25) is 9.59 Å². The molecule has 2 aromatic carbocycles. The van der Waals surface area contributed by atoms with Gasteiger partial charge in [0.25, 0.3) is 0 Å². The molecule has 0 bridgehead atoms. The number of methoxy groups -OCH3 is 1. The number of benzene rings is 2. The van der Waals surface area contributed by atoms with Crippen LogP contribution >= 0.6 is 0 Å². The smallest absolute Gasteiger partial charge is 0.309 e. The van der Waals surface area contributed by atoms with Gasteiger partial charge in [0, 0.05) is 25.3 Å². The van der Waals surface area contributed by atoms with Crippen LogP contribution in [-0.4, -0.2) is 38.6 Å². The summed E-state index contributed by atoms with van der Waals surface area (Å²) in [5.74, 6) is 0.244. The number of ether oxygens (including phenoxy) is 1. The highest BCUT2D eigenvalue weighted by atomic mass is 16.5. The van der Waals surface area contributed by atoms with Crippen molar-refractivity contribution in [2.45, 2.75) is 18.9 Å². The third-order valence-electron chi connectivity index (χ3n) is 5.69. The van der Waals surface area contributed by atoms with Crippen molar-refractivity contribution in [1.29, 1.82) is 0 Å². The van der Waals surface area contributed by atoms with Gasteiger partial charge >= 0.3 is 11.8 Å². The minimum Gasteiger partial charge on any atom is -0.497 e. The van der Waals surface area contributed by atoms with Gasteiger partial charge in [-0.15, -0.1) is 0 Å². The maximum absolute atomic E-state index is 12.4. The van der Waals surface area contributed by atoms with Crippen LogP contribution in [0.3, 0.4) is 0 Å². The quantitative estimate of drug-likeness (QED) is 0.534. The number of hydrogen-bond acceptors (Lipinski definition) is 5. The number of para-hydroxylation sites is 1. The summed E-state index contributed by atoms with van der Waals surface area (Å²) in [7, 11) is 1.62. The van der Waals surface area contributed by atoms with Crippen LogP contribution < -0.4 is 20.3 Å². The van der Waals surface area contributed by atoms with Crippen LogP contribution in [0.2, 0.25) is 0 Å². The third kappa shape index (κ3) is 4.94. The molecule has 1 aliphatic rings. The maximum Gasteiger partial charge on any atom is 0.309 e. The molecule has 2 heterocycles. The van der Waals surface area contributed by atoms with E-state index in [9.17, 15) is 9.59 Å². The number of fused-ring (bicyclic) bond motifs is 1. The first-order chi connectivity index (χ1) is 15.7. The molecular formula is C25H27N3O4. The number of rotatable bonds is 8. The molecular weight excluding hydrogens is 406 g/mol. The Bertz CT molecular complexity index is 1050. The fourth-order valence-electron chi connectivity index (χ4n) is 4.00. The standard InChI is InChI=1S/C25H27N3O4/c1-31-20-10-8-18(9-11-20)12-14-26-24(29)25(30)27-17-22(23-7-4-16-32-23)28-15-13-19-5-2-3-6-21(19)28/h2-11,16,22H,12-15,17H2,1H3,(H,26,29)(H,27,30)/t22-/m1/s1. The van der Waals surface area contributed by atoms with E-state index >= 15 is 0 Å². The summed E-state index contributed by atoms with van der Waals surface area (Å²) in [5.41, 5.74) is 3.45. The maximum atomic E-state index is 12.4. The van der Waals surface area contributed by atoms with Gasteiger partial charge in [0.05, 0.1) is 13.4 Å². The lowest BCUT2D eigenvalue weighted by Gasteiger charge is -2.29. The van der Waals surface area contributed by atoms with E-state index in [1.54, 1.807) is 13.4 Å². The van der Waals surface area contributed by atoms with Crippen molar-refractivity contribution in [3.05, 3.63) is 83.8 Å². The molecule has 7 nitrogen and oxygen atoms in total. The molecule has 0 fully saturated rings. The molecule has 0 unspecified atom stereocenters. The number of nitrogens with one attached hydrogen (secondary N) is 2. The third-order valence-corrected chi connectivity index (χ3v) is 5.69. The average Bonchev–Trinajstić information content (AvgIpc) is 3.50. The Morgan fingerprint density at radius 3 is 2.56 bits per heavy atom. The molecule has 3 aromatic rings. The van der Waals surface area contributed by atoms with E-state index in [1.807, 2.05) is 48.5 Å². The van der Waals surface area contributed by atoms with Gasteiger partial charge in [-0.05, 0) is 54.3 Å². The predicted molar refractivity (Wildman–Crippen MR) is 122 cm³/mol. The molecule has 0 saturated carbocycles. The summed E-state index contributed by atoms with van der Waals surface area (Å²) in [4.78, 5) is 26.9. The molecule has 1 aliphatic heterocycles. The molecule has 4 rings (SSSR count). The van der Waals surface area contributed by atoms with Crippen LogP contribution in [0.1, 0.15) is 22.9 Å². The Hall–Kier alpha value is -3.74. The average molecular weight is 434 g/mol. The zero-order valence-corrected chi connectivity index (χ0v) is 18.0. The topological polar surface area (TPSA) is 83.8 Å². The SMILES string of the molecule is COc1ccc(CCNC(=O)C(=O)NC[C@H](c2ccco2)N2CCc3ccccc32)cc1. The van der Waals surface area contributed by atoms with E-state index < -0.39 is 11.8 Å². The highest BCUT2D eigenvalue weighted by Gasteiger charge is 2.29. The molecule has 0 spiro atoms. The van der Waals surface area contributed by atoms with Crippen molar-refractivity contribution in [3.8, 4) is 5.75 Å². The van der Waals surface area contributed by atoms with E-state index in [-0.39, 0.29) is 12.6 Å². The summed E-state index contributed by atoms with van der Waals surface area (Å²) in [6.07, 6.45) is 3.19. The first kappa shape index (κ1) is 21.5. The van der Waals surface area contributed by atoms with E-state index in [1.165, 1.54) is 5.56 Å². The number of nitrogens with zero attached hydrogens (tertiary/aromatic N) is 1. The molecule has 0 aliphatic carbocycles. The number of anilines is 1. The van der Waals surface area contributed by atoms with Crippen molar-refractivity contribution < 1.29 is 18.7 Å². The van der Waals surface area contributed by atoms with E-state index in [0.29, 0.717) is 13.0 Å². The lowest BCUT2D eigenvalue weighted by Crippen LogP contribution is -2.44. The molecule has 32 heavy (non-hydrogen) atoms. The van der Waals surface area contributed by atoms with Gasteiger partial charge in [-0.25, -0.2) is 0 Å². The number of carbonyl (C=O) groups excluding carboxylic acids is 2. The van der Waals surface area contributed by atoms with Gasteiger partial charge in [-0.1, -0.05) is 30.3 Å². The van der Waals surface area contributed by atoms with E-state index in [0.717, 1.165) is 35.7 Å². The fraction of sp³-hybridized carbons (Fsp3) is 0.280. The first-order valence-corrected chi connectivity index (χ1v) is 10.7. The van der Waals surface area contributed by atoms with Gasteiger partial charge in [0.2, 0.25) is 0 Å². The lowest BCUT2D eigenvalue weighted by atomic mass is 10.1. The summed E-state index contributed by atoms with van der Waals surface area (Å²) in [6, 6.07) is 19.4. The van der Waals surface area contributed by atoms with Crippen molar-refractivity contribution in [2.75, 3.05) is 31.6 Å². The zero-order valence-electron chi connectivity index (χ0n) is 18.0. The van der Waals surface area contributed by atoms with Gasteiger partial charge in [-0.2, -0.15) is 0 Å². The minimum atomic E-state index is -0.649. The van der Waals surface area contributed by atoms with Crippen LogP contribution in [-0.2, 0) is 22.4 Å². The molecule has 1 atom stereocenters. The Labute approximate surface area is 187 Å². The van der Waals surface area contributed by atoms with Crippen molar-refractivity contribution in [3.63, 3.8) is 0 Å². The number of hydrogen-bond donors (Lipinski definition) is 2. The van der Waals surface area contributed by atoms with Crippen LogP contribution in [0.5, 0.6) is 5.75 Å². The lowest BCUT2D eigenvalue weighted by molar-refractivity contribution is -0.139. The van der Waals surface area contributed by atoms with Crippen LogP contribution in [0.15, 0.2) is 71.3 Å². The molecule has 2 N–H and O–H groups in total. The van der Waals surface area contributed by atoms with Gasteiger partial charge in [0.1, 0.15) is 17.6 Å². The Morgan fingerprint density at radius 2 is 1.81 bits per heavy atom. The first-order valence-electron chi connectivity index (χ1n) is 10.7. The number of furan rings is 1. The van der Waals surface area contributed by atoms with Crippen molar-refractivity contribution >= 4 is 17.5 Å². The van der Waals surface area contributed by atoms with Gasteiger partial charge in [0.15, 0.2) is 0 Å². The summed E-state index contributed by atoms with van der Waals surface area (Å²) in [6.45, 7) is 1.47. The molecule has 2 amide bonds. The summed E-state index contributed by atoms with van der Waals surface area (Å²) < 4.78 is 10.8. The molecule has 0 saturated heterocycles. The Kier molecular flexibility index (Phi) is 6.75. The molecule has 0 radical (unpaired) electrons. The second kappa shape index (κ2) is 10.0. The van der Waals surface area contributed by atoms with E-state index in [2.05, 4.69) is 27.7 Å². The summed E-state index contributed by atoms with van der Waals surface area (Å²) >= 11 is 0. The van der Waals surface area contributed by atoms with Gasteiger partial charge < -0.3 is 24.7 Å². The number of carbonyl (C=O) groups is 2. The molecule has 166 valence electrons. The highest BCUT2D eigenvalue weighted by Crippen LogP contribution is 2.34. The Balaban J connectivity index is 1.32. The number of amides is 2. The van der Waals surface area contributed by atoms with E-state index in [4.69, 9.17) is 9.15 Å². The van der Waals surface area contributed by atoms with Crippen molar-refractivity contribution in [2.24, 2.45) is 0 Å².